The second kappa shape index (κ2) is 6.09. The summed E-state index contributed by atoms with van der Waals surface area (Å²) in [5.41, 5.74) is 6.91. The Labute approximate surface area is 119 Å². The quantitative estimate of drug-likeness (QED) is 0.499. The maximum atomic E-state index is 9.13. The Balaban J connectivity index is 0.00000144. The van der Waals surface area contributed by atoms with Gasteiger partial charge in [0.25, 0.3) is 0 Å². The molecule has 0 amide bonds. The van der Waals surface area contributed by atoms with Crippen molar-refractivity contribution in [2.24, 2.45) is 10.7 Å². The molecule has 5 heteroatoms. The molecule has 2 rings (SSSR count). The molecule has 0 heterocycles. The van der Waals surface area contributed by atoms with Crippen molar-refractivity contribution in [1.29, 1.82) is 0 Å². The summed E-state index contributed by atoms with van der Waals surface area (Å²) in [6.45, 7) is 0.559. The maximum Gasteiger partial charge on any atom is 0.191 e. The molecular formula is C12H18IN3O. The van der Waals surface area contributed by atoms with Crippen molar-refractivity contribution in [3.05, 3.63) is 29.8 Å². The summed E-state index contributed by atoms with van der Waals surface area (Å²) < 4.78 is 0. The summed E-state index contributed by atoms with van der Waals surface area (Å²) in [5, 5.41) is 9.13. The van der Waals surface area contributed by atoms with Crippen LogP contribution in [0.25, 0.3) is 0 Å². The van der Waals surface area contributed by atoms with Gasteiger partial charge >= 0.3 is 0 Å². The van der Waals surface area contributed by atoms with E-state index in [-0.39, 0.29) is 29.7 Å². The molecule has 0 aromatic heterocycles. The van der Waals surface area contributed by atoms with E-state index in [2.05, 4.69) is 4.99 Å². The molecule has 0 unspecified atom stereocenters. The Morgan fingerprint density at radius 1 is 1.41 bits per heavy atom. The van der Waals surface area contributed by atoms with Crippen LogP contribution in [0.1, 0.15) is 18.4 Å². The van der Waals surface area contributed by atoms with Gasteiger partial charge in [-0.3, -0.25) is 0 Å². The Morgan fingerprint density at radius 3 is 2.53 bits per heavy atom. The predicted molar refractivity (Wildman–Crippen MR) is 79.6 cm³/mol. The summed E-state index contributed by atoms with van der Waals surface area (Å²) in [5.74, 6) is 0.867. The zero-order valence-electron chi connectivity index (χ0n) is 9.84. The minimum atomic E-state index is 0. The molecule has 0 bridgehead atoms. The first-order valence-corrected chi connectivity index (χ1v) is 5.47. The molecule has 3 N–H and O–H groups in total. The molecule has 1 aliphatic carbocycles. The van der Waals surface area contributed by atoms with Gasteiger partial charge in [0.05, 0.1) is 6.54 Å². The van der Waals surface area contributed by atoms with E-state index in [0.717, 1.165) is 5.56 Å². The highest BCUT2D eigenvalue weighted by molar-refractivity contribution is 14.0. The average Bonchev–Trinajstić information content (AvgIpc) is 3.11. The van der Waals surface area contributed by atoms with Crippen LogP contribution in [0.4, 0.5) is 0 Å². The maximum absolute atomic E-state index is 9.13. The van der Waals surface area contributed by atoms with Crippen LogP contribution in [0.15, 0.2) is 29.3 Å². The molecule has 1 aromatic rings. The largest absolute Gasteiger partial charge is 0.508 e. The van der Waals surface area contributed by atoms with E-state index in [1.54, 1.807) is 12.1 Å². The SMILES string of the molecule is CN(C(N)=NCc1ccc(O)cc1)C1CC1.I. The summed E-state index contributed by atoms with van der Waals surface area (Å²) in [6, 6.07) is 7.60. The Kier molecular flexibility index (Phi) is 5.04. The van der Waals surface area contributed by atoms with Crippen LogP contribution in [0.5, 0.6) is 5.75 Å². The molecule has 1 saturated carbocycles. The Hall–Kier alpha value is -0.980. The fourth-order valence-electron chi connectivity index (χ4n) is 1.53. The number of nitrogens with zero attached hydrogens (tertiary/aromatic N) is 2. The topological polar surface area (TPSA) is 61.8 Å². The highest BCUT2D eigenvalue weighted by Crippen LogP contribution is 2.24. The average molecular weight is 347 g/mol. The monoisotopic (exact) mass is 347 g/mol. The van der Waals surface area contributed by atoms with Crippen LogP contribution in [-0.4, -0.2) is 29.1 Å². The van der Waals surface area contributed by atoms with E-state index < -0.39 is 0 Å². The molecule has 0 aliphatic heterocycles. The third kappa shape index (κ3) is 4.07. The van der Waals surface area contributed by atoms with Gasteiger partial charge in [-0.05, 0) is 30.5 Å². The molecular weight excluding hydrogens is 329 g/mol. The van der Waals surface area contributed by atoms with E-state index in [4.69, 9.17) is 10.8 Å². The summed E-state index contributed by atoms with van der Waals surface area (Å²) >= 11 is 0. The second-order valence-electron chi connectivity index (χ2n) is 4.18. The zero-order valence-corrected chi connectivity index (χ0v) is 12.2. The van der Waals surface area contributed by atoms with Crippen LogP contribution < -0.4 is 5.73 Å². The van der Waals surface area contributed by atoms with E-state index in [9.17, 15) is 0 Å². The first-order valence-electron chi connectivity index (χ1n) is 5.47. The summed E-state index contributed by atoms with van der Waals surface area (Å²) in [6.07, 6.45) is 2.43. The lowest BCUT2D eigenvalue weighted by Crippen LogP contribution is -2.35. The molecule has 0 saturated heterocycles. The normalized spacial score (nSPS) is 15.2. The Morgan fingerprint density at radius 2 is 2.00 bits per heavy atom. The number of hydrogen-bond donors (Lipinski definition) is 2. The lowest BCUT2D eigenvalue weighted by Gasteiger charge is -2.16. The van der Waals surface area contributed by atoms with Crippen LogP contribution in [0, 0.1) is 0 Å². The molecule has 1 fully saturated rings. The summed E-state index contributed by atoms with van der Waals surface area (Å²) in [7, 11) is 1.98. The molecule has 4 nitrogen and oxygen atoms in total. The number of guanidine groups is 1. The predicted octanol–water partition coefficient (Wildman–Crippen LogP) is 1.92. The molecule has 94 valence electrons. The van der Waals surface area contributed by atoms with E-state index in [1.807, 2.05) is 24.1 Å². The van der Waals surface area contributed by atoms with Crippen molar-refractivity contribution in [2.45, 2.75) is 25.4 Å². The van der Waals surface area contributed by atoms with Crippen molar-refractivity contribution in [3.63, 3.8) is 0 Å². The number of nitrogens with two attached hydrogens (primary N) is 1. The minimum absolute atomic E-state index is 0. The molecule has 0 spiro atoms. The Bertz CT molecular complexity index is 387. The molecule has 17 heavy (non-hydrogen) atoms. The minimum Gasteiger partial charge on any atom is -0.508 e. The first kappa shape index (κ1) is 14.1. The lowest BCUT2D eigenvalue weighted by atomic mass is 10.2. The molecule has 1 aromatic carbocycles. The third-order valence-corrected chi connectivity index (χ3v) is 2.82. The zero-order chi connectivity index (χ0) is 11.5. The number of aromatic hydroxyl groups is 1. The van der Waals surface area contributed by atoms with E-state index in [0.29, 0.717) is 18.5 Å². The van der Waals surface area contributed by atoms with Gasteiger partial charge in [-0.1, -0.05) is 12.1 Å². The smallest absolute Gasteiger partial charge is 0.191 e. The van der Waals surface area contributed by atoms with Crippen molar-refractivity contribution in [2.75, 3.05) is 7.05 Å². The van der Waals surface area contributed by atoms with Crippen LogP contribution in [0.2, 0.25) is 0 Å². The van der Waals surface area contributed by atoms with E-state index in [1.165, 1.54) is 12.8 Å². The van der Waals surface area contributed by atoms with Crippen LogP contribution in [-0.2, 0) is 6.54 Å². The highest BCUT2D eigenvalue weighted by Gasteiger charge is 2.27. The molecule has 1 aliphatic rings. The number of rotatable bonds is 3. The van der Waals surface area contributed by atoms with Gasteiger partial charge in [0.15, 0.2) is 5.96 Å². The fraction of sp³-hybridized carbons (Fsp3) is 0.417. The number of hydrogen-bond acceptors (Lipinski definition) is 2. The second-order valence-corrected chi connectivity index (χ2v) is 4.18. The number of aliphatic imine (C=N–C) groups is 1. The van der Waals surface area contributed by atoms with Crippen LogP contribution in [0.3, 0.4) is 0 Å². The third-order valence-electron chi connectivity index (χ3n) is 2.82. The van der Waals surface area contributed by atoms with Gasteiger partial charge in [0.2, 0.25) is 0 Å². The fourth-order valence-corrected chi connectivity index (χ4v) is 1.53. The number of benzene rings is 1. The van der Waals surface area contributed by atoms with Gasteiger partial charge < -0.3 is 15.7 Å². The number of phenols is 1. The van der Waals surface area contributed by atoms with Crippen LogP contribution >= 0.6 is 24.0 Å². The van der Waals surface area contributed by atoms with Gasteiger partial charge in [0.1, 0.15) is 5.75 Å². The van der Waals surface area contributed by atoms with Gasteiger partial charge in [-0.15, -0.1) is 24.0 Å². The van der Waals surface area contributed by atoms with Crippen molar-refractivity contribution in [3.8, 4) is 5.75 Å². The molecule has 0 atom stereocenters. The van der Waals surface area contributed by atoms with Gasteiger partial charge in [-0.25, -0.2) is 4.99 Å². The number of halogens is 1. The first-order chi connectivity index (χ1) is 7.66. The van der Waals surface area contributed by atoms with Gasteiger partial charge in [-0.2, -0.15) is 0 Å². The van der Waals surface area contributed by atoms with Crippen molar-refractivity contribution < 1.29 is 5.11 Å². The number of phenolic OH excluding ortho intramolecular Hbond substituents is 1. The van der Waals surface area contributed by atoms with Gasteiger partial charge in [0, 0.05) is 13.1 Å². The van der Waals surface area contributed by atoms with Crippen molar-refractivity contribution >= 4 is 29.9 Å². The van der Waals surface area contributed by atoms with E-state index >= 15 is 0 Å². The highest BCUT2D eigenvalue weighted by atomic mass is 127. The lowest BCUT2D eigenvalue weighted by molar-refractivity contribution is 0.475. The molecule has 0 radical (unpaired) electrons. The summed E-state index contributed by atoms with van der Waals surface area (Å²) in [4.78, 5) is 6.35. The standard InChI is InChI=1S/C12H17N3O.HI/c1-15(10-4-5-10)12(13)14-8-9-2-6-11(16)7-3-9;/h2-3,6-7,10,16H,4-5,8H2,1H3,(H2,13,14);1H. The van der Waals surface area contributed by atoms with Crippen molar-refractivity contribution in [1.82, 2.24) is 4.90 Å².